The summed E-state index contributed by atoms with van der Waals surface area (Å²) in [4.78, 5) is 23.0. The largest absolute Gasteiger partial charge is 0.466 e. The molecule has 0 spiro atoms. The van der Waals surface area contributed by atoms with Crippen LogP contribution in [0.1, 0.15) is 46.1 Å². The van der Waals surface area contributed by atoms with Gasteiger partial charge in [-0.05, 0) is 33.6 Å². The summed E-state index contributed by atoms with van der Waals surface area (Å²) < 4.78 is 8.23. The van der Waals surface area contributed by atoms with Crippen molar-refractivity contribution in [1.82, 2.24) is 9.13 Å². The molecule has 5 nitrogen and oxygen atoms in total. The highest BCUT2D eigenvalue weighted by Gasteiger charge is 2.06. The molecule has 1 heterocycles. The van der Waals surface area contributed by atoms with E-state index in [9.17, 15) is 9.59 Å². The van der Waals surface area contributed by atoms with E-state index in [1.165, 1.54) is 0 Å². The summed E-state index contributed by atoms with van der Waals surface area (Å²) in [6, 6.07) is 0.179. The molecular formula is C13H22N2O3. The number of hydrogen-bond acceptors (Lipinski definition) is 3. The zero-order chi connectivity index (χ0) is 13.5. The molecule has 0 fully saturated rings. The number of hydrogen-bond donors (Lipinski definition) is 0. The lowest BCUT2D eigenvalue weighted by molar-refractivity contribution is -0.143. The summed E-state index contributed by atoms with van der Waals surface area (Å²) in [7, 11) is 0. The van der Waals surface area contributed by atoms with Crippen molar-refractivity contribution in [3.63, 3.8) is 0 Å². The first-order valence-electron chi connectivity index (χ1n) is 6.49. The maximum atomic E-state index is 11.9. The van der Waals surface area contributed by atoms with Crippen molar-refractivity contribution in [2.45, 2.75) is 52.6 Å². The lowest BCUT2D eigenvalue weighted by Gasteiger charge is -2.05. The minimum absolute atomic E-state index is 0.0149. The molecule has 0 aliphatic carbocycles. The summed E-state index contributed by atoms with van der Waals surface area (Å²) in [5.41, 5.74) is 0.0149. The Morgan fingerprint density at radius 2 is 2.06 bits per heavy atom. The normalized spacial score (nSPS) is 10.9. The van der Waals surface area contributed by atoms with Crippen molar-refractivity contribution < 1.29 is 9.53 Å². The highest BCUT2D eigenvalue weighted by molar-refractivity contribution is 5.69. The van der Waals surface area contributed by atoms with Gasteiger partial charge in [-0.15, -0.1) is 0 Å². The van der Waals surface area contributed by atoms with Crippen LogP contribution in [0.3, 0.4) is 0 Å². The van der Waals surface area contributed by atoms with Gasteiger partial charge in [0.15, 0.2) is 0 Å². The zero-order valence-electron chi connectivity index (χ0n) is 11.4. The standard InChI is InChI=1S/C13H22N2O3/c1-4-18-12(16)7-5-6-8-14-9-10-15(11(2)3)13(14)17/h9-11H,4-8H2,1-3H3. The molecule has 0 atom stereocenters. The van der Waals surface area contributed by atoms with Gasteiger partial charge in [0.05, 0.1) is 6.61 Å². The van der Waals surface area contributed by atoms with E-state index in [0.717, 1.165) is 12.8 Å². The van der Waals surface area contributed by atoms with E-state index in [4.69, 9.17) is 4.74 Å². The third kappa shape index (κ3) is 4.05. The van der Waals surface area contributed by atoms with Crippen molar-refractivity contribution in [2.75, 3.05) is 6.61 Å². The molecule has 0 saturated carbocycles. The molecule has 0 bridgehead atoms. The van der Waals surface area contributed by atoms with Crippen molar-refractivity contribution in [2.24, 2.45) is 0 Å². The molecule has 102 valence electrons. The molecule has 0 N–H and O–H groups in total. The number of ether oxygens (including phenoxy) is 1. The molecule has 1 rings (SSSR count). The first-order valence-corrected chi connectivity index (χ1v) is 6.49. The average molecular weight is 254 g/mol. The molecular weight excluding hydrogens is 232 g/mol. The van der Waals surface area contributed by atoms with E-state index in [2.05, 4.69) is 0 Å². The van der Waals surface area contributed by atoms with Crippen molar-refractivity contribution in [3.05, 3.63) is 22.9 Å². The molecule has 0 unspecified atom stereocenters. The second-order valence-corrected chi connectivity index (χ2v) is 4.54. The molecule has 1 aromatic rings. The second kappa shape index (κ2) is 7.03. The van der Waals surface area contributed by atoms with Gasteiger partial charge in [-0.1, -0.05) is 0 Å². The molecule has 0 amide bonds. The van der Waals surface area contributed by atoms with Crippen molar-refractivity contribution in [1.29, 1.82) is 0 Å². The maximum absolute atomic E-state index is 11.9. The lowest BCUT2D eigenvalue weighted by Crippen LogP contribution is -2.25. The smallest absolute Gasteiger partial charge is 0.328 e. The van der Waals surface area contributed by atoms with Gasteiger partial charge < -0.3 is 4.74 Å². The van der Waals surface area contributed by atoms with Crippen LogP contribution >= 0.6 is 0 Å². The quantitative estimate of drug-likeness (QED) is 0.552. The molecule has 18 heavy (non-hydrogen) atoms. The Labute approximate surface area is 107 Å². The van der Waals surface area contributed by atoms with E-state index in [1.54, 1.807) is 28.5 Å². The Kier molecular flexibility index (Phi) is 5.68. The van der Waals surface area contributed by atoms with Gasteiger partial charge in [-0.2, -0.15) is 0 Å². The van der Waals surface area contributed by atoms with Crippen LogP contribution in [0.2, 0.25) is 0 Å². The van der Waals surface area contributed by atoms with Crippen LogP contribution in [-0.2, 0) is 16.1 Å². The van der Waals surface area contributed by atoms with Crippen LogP contribution in [0, 0.1) is 0 Å². The predicted octanol–water partition coefficient (Wildman–Crippen LogP) is 1.96. The maximum Gasteiger partial charge on any atom is 0.328 e. The van der Waals surface area contributed by atoms with Crippen LogP contribution in [0.4, 0.5) is 0 Å². The number of aromatic nitrogens is 2. The fraction of sp³-hybridized carbons (Fsp3) is 0.692. The summed E-state index contributed by atoms with van der Waals surface area (Å²) >= 11 is 0. The highest BCUT2D eigenvalue weighted by atomic mass is 16.5. The second-order valence-electron chi connectivity index (χ2n) is 4.54. The van der Waals surface area contributed by atoms with Crippen LogP contribution in [0.25, 0.3) is 0 Å². The van der Waals surface area contributed by atoms with Gasteiger partial charge in [0.2, 0.25) is 0 Å². The predicted molar refractivity (Wildman–Crippen MR) is 69.6 cm³/mol. The SMILES string of the molecule is CCOC(=O)CCCCn1ccn(C(C)C)c1=O. The minimum Gasteiger partial charge on any atom is -0.466 e. The van der Waals surface area contributed by atoms with Crippen LogP contribution in [-0.4, -0.2) is 21.7 Å². The molecule has 0 aromatic carbocycles. The van der Waals surface area contributed by atoms with E-state index < -0.39 is 0 Å². The van der Waals surface area contributed by atoms with E-state index in [0.29, 0.717) is 19.6 Å². The van der Waals surface area contributed by atoms with E-state index in [1.807, 2.05) is 13.8 Å². The Morgan fingerprint density at radius 3 is 2.61 bits per heavy atom. The Bertz CT molecular complexity index is 432. The molecule has 0 saturated heterocycles. The van der Waals surface area contributed by atoms with Gasteiger partial charge in [0.25, 0.3) is 0 Å². The Balaban J connectivity index is 2.36. The summed E-state index contributed by atoms with van der Waals surface area (Å²) in [5.74, 6) is -0.162. The van der Waals surface area contributed by atoms with Crippen LogP contribution < -0.4 is 5.69 Å². The number of carbonyl (C=O) groups excluding carboxylic acids is 1. The Morgan fingerprint density at radius 1 is 1.33 bits per heavy atom. The summed E-state index contributed by atoms with van der Waals surface area (Å²) in [6.45, 7) is 6.83. The average Bonchev–Trinajstić information content (AvgIpc) is 2.67. The molecule has 0 aliphatic rings. The van der Waals surface area contributed by atoms with E-state index in [-0.39, 0.29) is 17.7 Å². The minimum atomic E-state index is -0.162. The van der Waals surface area contributed by atoms with Gasteiger partial charge in [-0.25, -0.2) is 4.79 Å². The number of rotatable bonds is 7. The molecule has 5 heteroatoms. The summed E-state index contributed by atoms with van der Waals surface area (Å²) in [6.07, 6.45) is 5.58. The fourth-order valence-corrected chi connectivity index (χ4v) is 1.78. The first-order chi connectivity index (χ1) is 8.56. The molecule has 0 radical (unpaired) electrons. The van der Waals surface area contributed by atoms with Gasteiger partial charge >= 0.3 is 11.7 Å². The van der Waals surface area contributed by atoms with Gasteiger partial charge in [0.1, 0.15) is 0 Å². The van der Waals surface area contributed by atoms with Gasteiger partial charge in [-0.3, -0.25) is 13.9 Å². The summed E-state index contributed by atoms with van der Waals surface area (Å²) in [5, 5.41) is 0. The molecule has 0 aliphatic heterocycles. The van der Waals surface area contributed by atoms with Crippen LogP contribution in [0.15, 0.2) is 17.2 Å². The lowest BCUT2D eigenvalue weighted by atomic mass is 10.2. The number of unbranched alkanes of at least 4 members (excludes halogenated alkanes) is 1. The number of aryl methyl sites for hydroxylation is 1. The van der Waals surface area contributed by atoms with Crippen molar-refractivity contribution >= 4 is 5.97 Å². The number of imidazole rings is 1. The van der Waals surface area contributed by atoms with Gasteiger partial charge in [0, 0.05) is 31.4 Å². The van der Waals surface area contributed by atoms with Crippen LogP contribution in [0.5, 0.6) is 0 Å². The van der Waals surface area contributed by atoms with Crippen molar-refractivity contribution in [3.8, 4) is 0 Å². The Hall–Kier alpha value is -1.52. The zero-order valence-corrected chi connectivity index (χ0v) is 11.4. The topological polar surface area (TPSA) is 53.2 Å². The molecule has 1 aromatic heterocycles. The number of carbonyl (C=O) groups is 1. The number of nitrogens with zero attached hydrogens (tertiary/aromatic N) is 2. The monoisotopic (exact) mass is 254 g/mol. The third-order valence-corrected chi connectivity index (χ3v) is 2.77. The fourth-order valence-electron chi connectivity index (χ4n) is 1.78. The first kappa shape index (κ1) is 14.5. The van der Waals surface area contributed by atoms with E-state index >= 15 is 0 Å². The number of esters is 1. The highest BCUT2D eigenvalue weighted by Crippen LogP contribution is 2.02. The third-order valence-electron chi connectivity index (χ3n) is 2.77.